The molecule has 3 nitrogen and oxygen atoms in total. The van der Waals surface area contributed by atoms with E-state index in [1.54, 1.807) is 6.20 Å². The minimum Gasteiger partial charge on any atom is -0.303 e. The summed E-state index contributed by atoms with van der Waals surface area (Å²) in [5.41, 5.74) is 2.27. The Morgan fingerprint density at radius 1 is 1.50 bits per heavy atom. The molecule has 0 atom stereocenters. The fourth-order valence-electron chi connectivity index (χ4n) is 1.32. The second-order valence-electron chi connectivity index (χ2n) is 2.81. The molecule has 2 heterocycles. The summed E-state index contributed by atoms with van der Waals surface area (Å²) >= 11 is 0. The molecule has 0 aliphatic heterocycles. The van der Waals surface area contributed by atoms with Crippen molar-refractivity contribution in [3.8, 4) is 0 Å². The van der Waals surface area contributed by atoms with E-state index in [2.05, 4.69) is 16.9 Å². The molecule has 0 aromatic carbocycles. The van der Waals surface area contributed by atoms with Crippen molar-refractivity contribution in [2.45, 2.75) is 19.8 Å². The Bertz CT molecular complexity index is 378. The molecular weight excluding hydrogens is 150 g/mol. The molecule has 12 heavy (non-hydrogen) atoms. The third-order valence-corrected chi connectivity index (χ3v) is 1.91. The maximum absolute atomic E-state index is 4.31. The van der Waals surface area contributed by atoms with Gasteiger partial charge in [0.15, 0.2) is 0 Å². The Hall–Kier alpha value is -1.38. The zero-order valence-corrected chi connectivity index (χ0v) is 7.07. The van der Waals surface area contributed by atoms with Crippen molar-refractivity contribution in [2.24, 2.45) is 0 Å². The lowest BCUT2D eigenvalue weighted by atomic mass is 10.2. The Morgan fingerprint density at radius 2 is 2.42 bits per heavy atom. The predicted molar refractivity (Wildman–Crippen MR) is 47.0 cm³/mol. The molecule has 0 bridgehead atoms. The smallest absolute Gasteiger partial charge is 0.0996 e. The summed E-state index contributed by atoms with van der Waals surface area (Å²) in [6.07, 6.45) is 9.54. The van der Waals surface area contributed by atoms with E-state index in [0.717, 1.165) is 24.1 Å². The van der Waals surface area contributed by atoms with Crippen LogP contribution in [0.15, 0.2) is 24.9 Å². The van der Waals surface area contributed by atoms with Gasteiger partial charge in [0, 0.05) is 12.4 Å². The van der Waals surface area contributed by atoms with E-state index in [0.29, 0.717) is 0 Å². The highest BCUT2D eigenvalue weighted by molar-refractivity contribution is 5.49. The van der Waals surface area contributed by atoms with Crippen molar-refractivity contribution in [3.63, 3.8) is 0 Å². The molecule has 2 aromatic rings. The normalized spacial score (nSPS) is 10.8. The van der Waals surface area contributed by atoms with Gasteiger partial charge in [0.05, 0.1) is 23.7 Å². The minimum atomic E-state index is 1.03. The Morgan fingerprint density at radius 3 is 3.25 bits per heavy atom. The number of rotatable bonds is 2. The third-order valence-electron chi connectivity index (χ3n) is 1.91. The summed E-state index contributed by atoms with van der Waals surface area (Å²) in [4.78, 5) is 8.38. The van der Waals surface area contributed by atoms with Crippen molar-refractivity contribution in [1.82, 2.24) is 14.4 Å². The number of imidazole rings is 1. The molecule has 0 saturated heterocycles. The maximum Gasteiger partial charge on any atom is 0.0996 e. The average Bonchev–Trinajstić information content (AvgIpc) is 2.50. The van der Waals surface area contributed by atoms with Crippen LogP contribution >= 0.6 is 0 Å². The molecule has 0 fully saturated rings. The first-order chi connectivity index (χ1) is 5.92. The monoisotopic (exact) mass is 161 g/mol. The highest BCUT2D eigenvalue weighted by Crippen LogP contribution is 2.08. The van der Waals surface area contributed by atoms with Crippen LogP contribution < -0.4 is 0 Å². The molecular formula is C9H11N3. The lowest BCUT2D eigenvalue weighted by Gasteiger charge is -1.93. The van der Waals surface area contributed by atoms with E-state index in [9.17, 15) is 0 Å². The van der Waals surface area contributed by atoms with Gasteiger partial charge in [-0.2, -0.15) is 0 Å². The third kappa shape index (κ3) is 1.07. The maximum atomic E-state index is 4.31. The summed E-state index contributed by atoms with van der Waals surface area (Å²) in [6, 6.07) is 0. The van der Waals surface area contributed by atoms with Crippen molar-refractivity contribution >= 4 is 5.52 Å². The second kappa shape index (κ2) is 2.93. The van der Waals surface area contributed by atoms with Crippen LogP contribution in [-0.4, -0.2) is 14.4 Å². The van der Waals surface area contributed by atoms with E-state index in [-0.39, 0.29) is 0 Å². The van der Waals surface area contributed by atoms with E-state index in [1.165, 1.54) is 0 Å². The van der Waals surface area contributed by atoms with Gasteiger partial charge in [-0.3, -0.25) is 4.98 Å². The van der Waals surface area contributed by atoms with Gasteiger partial charge in [-0.25, -0.2) is 4.98 Å². The van der Waals surface area contributed by atoms with Crippen LogP contribution in [0.3, 0.4) is 0 Å². The largest absolute Gasteiger partial charge is 0.303 e. The molecule has 0 unspecified atom stereocenters. The van der Waals surface area contributed by atoms with Gasteiger partial charge in [0.1, 0.15) is 0 Å². The quantitative estimate of drug-likeness (QED) is 0.670. The molecule has 2 rings (SSSR count). The zero-order chi connectivity index (χ0) is 8.39. The van der Waals surface area contributed by atoms with E-state index >= 15 is 0 Å². The molecule has 0 N–H and O–H groups in total. The van der Waals surface area contributed by atoms with Gasteiger partial charge in [-0.05, 0) is 6.42 Å². The number of nitrogens with zero attached hydrogens (tertiary/aromatic N) is 3. The zero-order valence-electron chi connectivity index (χ0n) is 7.07. The van der Waals surface area contributed by atoms with Gasteiger partial charge in [0.25, 0.3) is 0 Å². The van der Waals surface area contributed by atoms with Gasteiger partial charge in [0.2, 0.25) is 0 Å². The van der Waals surface area contributed by atoms with Gasteiger partial charge < -0.3 is 4.40 Å². The van der Waals surface area contributed by atoms with Crippen molar-refractivity contribution in [1.29, 1.82) is 0 Å². The number of aryl methyl sites for hydroxylation is 1. The summed E-state index contributed by atoms with van der Waals surface area (Å²) < 4.78 is 2.00. The molecule has 0 spiro atoms. The van der Waals surface area contributed by atoms with Crippen LogP contribution in [-0.2, 0) is 6.42 Å². The molecule has 0 aliphatic carbocycles. The molecule has 2 aromatic heterocycles. The molecule has 0 radical (unpaired) electrons. The van der Waals surface area contributed by atoms with Gasteiger partial charge in [-0.15, -0.1) is 0 Å². The second-order valence-corrected chi connectivity index (χ2v) is 2.81. The number of hydrogen-bond donors (Lipinski definition) is 0. The fraction of sp³-hybridized carbons (Fsp3) is 0.333. The molecule has 62 valence electrons. The van der Waals surface area contributed by atoms with Crippen molar-refractivity contribution < 1.29 is 0 Å². The summed E-state index contributed by atoms with van der Waals surface area (Å²) in [5, 5.41) is 0. The predicted octanol–water partition coefficient (Wildman–Crippen LogP) is 1.68. The Balaban J connectivity index is 2.55. The standard InChI is InChI=1S/C9H11N3/c1-2-3-8-9-6-10-4-5-12(9)7-11-8/h4-7H,2-3H2,1H3. The summed E-state index contributed by atoms with van der Waals surface area (Å²) in [7, 11) is 0. The number of fused-ring (bicyclic) bond motifs is 1. The SMILES string of the molecule is CCCc1ncn2ccncc12. The Kier molecular flexibility index (Phi) is 1.78. The van der Waals surface area contributed by atoms with Crippen LogP contribution in [0.1, 0.15) is 19.0 Å². The highest BCUT2D eigenvalue weighted by Gasteiger charge is 2.00. The molecule has 3 heteroatoms. The lowest BCUT2D eigenvalue weighted by molar-refractivity contribution is 0.899. The van der Waals surface area contributed by atoms with Crippen LogP contribution in [0, 0.1) is 0 Å². The van der Waals surface area contributed by atoms with Crippen LogP contribution in [0.2, 0.25) is 0 Å². The molecule has 0 aliphatic rings. The van der Waals surface area contributed by atoms with Crippen LogP contribution in [0.5, 0.6) is 0 Å². The first-order valence-corrected chi connectivity index (χ1v) is 4.17. The lowest BCUT2D eigenvalue weighted by Crippen LogP contribution is -1.86. The van der Waals surface area contributed by atoms with Gasteiger partial charge >= 0.3 is 0 Å². The van der Waals surface area contributed by atoms with E-state index < -0.39 is 0 Å². The fourth-order valence-corrected chi connectivity index (χ4v) is 1.32. The topological polar surface area (TPSA) is 30.2 Å². The first kappa shape index (κ1) is 7.28. The van der Waals surface area contributed by atoms with E-state index in [1.807, 2.05) is 23.1 Å². The summed E-state index contributed by atoms with van der Waals surface area (Å²) in [5.74, 6) is 0. The minimum absolute atomic E-state index is 1.03. The highest BCUT2D eigenvalue weighted by atomic mass is 15.0. The summed E-state index contributed by atoms with van der Waals surface area (Å²) in [6.45, 7) is 2.15. The van der Waals surface area contributed by atoms with Gasteiger partial charge in [-0.1, -0.05) is 13.3 Å². The Labute approximate surface area is 71.1 Å². The van der Waals surface area contributed by atoms with Crippen LogP contribution in [0.4, 0.5) is 0 Å². The average molecular weight is 161 g/mol. The van der Waals surface area contributed by atoms with Crippen LogP contribution in [0.25, 0.3) is 5.52 Å². The number of hydrogen-bond acceptors (Lipinski definition) is 2. The molecule has 0 amide bonds. The first-order valence-electron chi connectivity index (χ1n) is 4.17. The van der Waals surface area contributed by atoms with E-state index in [4.69, 9.17) is 0 Å². The number of aromatic nitrogens is 3. The van der Waals surface area contributed by atoms with Crippen molar-refractivity contribution in [3.05, 3.63) is 30.6 Å². The molecule has 0 saturated carbocycles. The van der Waals surface area contributed by atoms with Crippen molar-refractivity contribution in [2.75, 3.05) is 0 Å².